The summed E-state index contributed by atoms with van der Waals surface area (Å²) in [5.74, 6) is -0.703. The van der Waals surface area contributed by atoms with E-state index in [0.717, 1.165) is 12.1 Å². The molecule has 0 unspecified atom stereocenters. The van der Waals surface area contributed by atoms with Crippen molar-refractivity contribution in [3.8, 4) is 0 Å². The number of rotatable bonds is 1. The SMILES string of the molecule is O=[N+]([O-])c1cc(F)c(Br)cc1Cl. The molecule has 0 aliphatic heterocycles. The number of nitrogens with zero attached hydrogens (tertiary/aromatic N) is 1. The molecule has 0 radical (unpaired) electrons. The lowest BCUT2D eigenvalue weighted by Crippen LogP contribution is -1.90. The normalized spacial score (nSPS) is 9.92. The zero-order valence-corrected chi connectivity index (χ0v) is 7.89. The minimum atomic E-state index is -0.738. The summed E-state index contributed by atoms with van der Waals surface area (Å²) in [6, 6.07) is 1.92. The third-order valence-corrected chi connectivity index (χ3v) is 2.10. The van der Waals surface area contributed by atoms with Crippen LogP contribution in [0.3, 0.4) is 0 Å². The molecule has 0 N–H and O–H groups in total. The molecule has 3 nitrogen and oxygen atoms in total. The van der Waals surface area contributed by atoms with Crippen LogP contribution in [-0.2, 0) is 0 Å². The van der Waals surface area contributed by atoms with Crippen LogP contribution in [0.15, 0.2) is 16.6 Å². The topological polar surface area (TPSA) is 43.1 Å². The molecule has 12 heavy (non-hydrogen) atoms. The van der Waals surface area contributed by atoms with E-state index in [-0.39, 0.29) is 9.50 Å². The zero-order chi connectivity index (χ0) is 9.30. The molecule has 0 amide bonds. The monoisotopic (exact) mass is 253 g/mol. The predicted octanol–water partition coefficient (Wildman–Crippen LogP) is 3.15. The third kappa shape index (κ3) is 1.73. The summed E-state index contributed by atoms with van der Waals surface area (Å²) in [4.78, 5) is 9.49. The van der Waals surface area contributed by atoms with Crippen LogP contribution in [0.4, 0.5) is 10.1 Å². The van der Waals surface area contributed by atoms with Crippen molar-refractivity contribution in [1.29, 1.82) is 0 Å². The summed E-state index contributed by atoms with van der Waals surface area (Å²) in [5.41, 5.74) is -0.433. The number of halogens is 3. The van der Waals surface area contributed by atoms with E-state index >= 15 is 0 Å². The fourth-order valence-corrected chi connectivity index (χ4v) is 1.36. The average molecular weight is 254 g/mol. The highest BCUT2D eigenvalue weighted by Crippen LogP contribution is 2.29. The van der Waals surface area contributed by atoms with E-state index in [1.807, 2.05) is 0 Å². The summed E-state index contributed by atoms with van der Waals surface area (Å²) >= 11 is 8.31. The fraction of sp³-hybridized carbons (Fsp3) is 0. The minimum absolute atomic E-state index is 0.0896. The van der Waals surface area contributed by atoms with Crippen LogP contribution in [0, 0.1) is 15.9 Å². The molecule has 0 saturated heterocycles. The van der Waals surface area contributed by atoms with Gasteiger partial charge < -0.3 is 0 Å². The third-order valence-electron chi connectivity index (χ3n) is 1.19. The Labute approximate surface area is 80.4 Å². The molecular weight excluding hydrogens is 252 g/mol. The van der Waals surface area contributed by atoms with Gasteiger partial charge in [0.25, 0.3) is 5.69 Å². The van der Waals surface area contributed by atoms with Crippen LogP contribution < -0.4 is 0 Å². The summed E-state index contributed by atoms with van der Waals surface area (Å²) in [5, 5.41) is 10.1. The first-order valence-electron chi connectivity index (χ1n) is 2.81. The Morgan fingerprint density at radius 1 is 1.58 bits per heavy atom. The molecule has 64 valence electrons. The molecule has 6 heteroatoms. The first-order valence-corrected chi connectivity index (χ1v) is 3.98. The molecule has 0 saturated carbocycles. The van der Waals surface area contributed by atoms with E-state index in [4.69, 9.17) is 11.6 Å². The maximum absolute atomic E-state index is 12.7. The van der Waals surface area contributed by atoms with Gasteiger partial charge in [-0.05, 0) is 22.0 Å². The zero-order valence-electron chi connectivity index (χ0n) is 5.55. The van der Waals surface area contributed by atoms with Crippen LogP contribution >= 0.6 is 27.5 Å². The highest BCUT2D eigenvalue weighted by Gasteiger charge is 2.15. The molecule has 1 aromatic carbocycles. The van der Waals surface area contributed by atoms with E-state index in [2.05, 4.69) is 15.9 Å². The lowest BCUT2D eigenvalue weighted by Gasteiger charge is -1.96. The second kappa shape index (κ2) is 3.37. The van der Waals surface area contributed by atoms with Gasteiger partial charge in [-0.25, -0.2) is 4.39 Å². The predicted molar refractivity (Wildman–Crippen MR) is 45.8 cm³/mol. The fourth-order valence-electron chi connectivity index (χ4n) is 0.652. The van der Waals surface area contributed by atoms with Crippen LogP contribution in [0.5, 0.6) is 0 Å². The maximum Gasteiger partial charge on any atom is 0.290 e. The lowest BCUT2D eigenvalue weighted by atomic mass is 10.3. The summed E-state index contributed by atoms with van der Waals surface area (Å²) < 4.78 is 12.8. The number of benzene rings is 1. The highest BCUT2D eigenvalue weighted by atomic mass is 79.9. The van der Waals surface area contributed by atoms with Gasteiger partial charge in [0.05, 0.1) is 15.5 Å². The number of nitro benzene ring substituents is 1. The van der Waals surface area contributed by atoms with Gasteiger partial charge in [0.2, 0.25) is 0 Å². The standard InChI is InChI=1S/C6H2BrClFNO2/c7-3-1-4(8)6(10(11)12)2-5(3)9/h1-2H. The van der Waals surface area contributed by atoms with Gasteiger partial charge in [0, 0.05) is 0 Å². The van der Waals surface area contributed by atoms with E-state index in [9.17, 15) is 14.5 Å². The van der Waals surface area contributed by atoms with E-state index < -0.39 is 16.4 Å². The van der Waals surface area contributed by atoms with Crippen molar-refractivity contribution in [3.05, 3.63) is 37.6 Å². The first-order chi connectivity index (χ1) is 5.52. The van der Waals surface area contributed by atoms with Gasteiger partial charge in [0.1, 0.15) is 10.8 Å². The largest absolute Gasteiger partial charge is 0.290 e. The molecule has 0 bridgehead atoms. The Hall–Kier alpha value is -0.680. The molecular formula is C6H2BrClFNO2. The average Bonchev–Trinajstić information content (AvgIpc) is 1.96. The summed E-state index contributed by atoms with van der Waals surface area (Å²) in [7, 11) is 0. The molecule has 1 rings (SSSR count). The van der Waals surface area contributed by atoms with E-state index in [0.29, 0.717) is 0 Å². The van der Waals surface area contributed by atoms with E-state index in [1.165, 1.54) is 0 Å². The van der Waals surface area contributed by atoms with Gasteiger partial charge >= 0.3 is 0 Å². The molecule has 1 aromatic rings. The lowest BCUT2D eigenvalue weighted by molar-refractivity contribution is -0.384. The maximum atomic E-state index is 12.7. The Bertz CT molecular complexity index is 345. The second-order valence-electron chi connectivity index (χ2n) is 1.97. The van der Waals surface area contributed by atoms with Crippen molar-refractivity contribution >= 4 is 33.2 Å². The summed E-state index contributed by atoms with van der Waals surface area (Å²) in [6.45, 7) is 0. The number of nitro groups is 1. The van der Waals surface area contributed by atoms with Gasteiger partial charge in [-0.3, -0.25) is 10.1 Å². The van der Waals surface area contributed by atoms with Gasteiger partial charge in [0.15, 0.2) is 0 Å². The second-order valence-corrected chi connectivity index (χ2v) is 3.24. The molecule has 0 heterocycles. The smallest absolute Gasteiger partial charge is 0.258 e. The van der Waals surface area contributed by atoms with Crippen molar-refractivity contribution in [2.75, 3.05) is 0 Å². The van der Waals surface area contributed by atoms with Gasteiger partial charge in [-0.15, -0.1) is 0 Å². The van der Waals surface area contributed by atoms with E-state index in [1.54, 1.807) is 0 Å². The number of hydrogen-bond donors (Lipinski definition) is 0. The molecule has 0 spiro atoms. The Morgan fingerprint density at radius 3 is 2.67 bits per heavy atom. The molecule has 0 aliphatic rings. The summed E-state index contributed by atoms with van der Waals surface area (Å²) in [6.07, 6.45) is 0. The van der Waals surface area contributed by atoms with Crippen molar-refractivity contribution in [2.45, 2.75) is 0 Å². The Kier molecular flexibility index (Phi) is 2.64. The van der Waals surface area contributed by atoms with Crippen LogP contribution in [0.25, 0.3) is 0 Å². The van der Waals surface area contributed by atoms with Crippen molar-refractivity contribution in [1.82, 2.24) is 0 Å². The molecule has 0 aromatic heterocycles. The quantitative estimate of drug-likeness (QED) is 0.439. The van der Waals surface area contributed by atoms with Crippen LogP contribution in [0.2, 0.25) is 5.02 Å². The first kappa shape index (κ1) is 9.41. The van der Waals surface area contributed by atoms with Crippen molar-refractivity contribution < 1.29 is 9.31 Å². The molecule has 0 atom stereocenters. The molecule has 0 aliphatic carbocycles. The van der Waals surface area contributed by atoms with Crippen LogP contribution in [0.1, 0.15) is 0 Å². The molecule has 0 fully saturated rings. The highest BCUT2D eigenvalue weighted by molar-refractivity contribution is 9.10. The van der Waals surface area contributed by atoms with Gasteiger partial charge in [-0.1, -0.05) is 11.6 Å². The number of hydrogen-bond acceptors (Lipinski definition) is 2. The van der Waals surface area contributed by atoms with Gasteiger partial charge in [-0.2, -0.15) is 0 Å². The Morgan fingerprint density at radius 2 is 2.17 bits per heavy atom. The van der Waals surface area contributed by atoms with Crippen molar-refractivity contribution in [2.24, 2.45) is 0 Å². The van der Waals surface area contributed by atoms with Crippen LogP contribution in [-0.4, -0.2) is 4.92 Å². The minimum Gasteiger partial charge on any atom is -0.258 e. The van der Waals surface area contributed by atoms with Crippen molar-refractivity contribution in [3.63, 3.8) is 0 Å². The Balaban J connectivity index is 3.33.